The van der Waals surface area contributed by atoms with Gasteiger partial charge >= 0.3 is 0 Å². The highest BCUT2D eigenvalue weighted by Crippen LogP contribution is 2.09. The van der Waals surface area contributed by atoms with Crippen molar-refractivity contribution in [2.75, 3.05) is 13.8 Å². The molecule has 0 aromatic heterocycles. The van der Waals surface area contributed by atoms with Gasteiger partial charge in [-0.15, -0.1) is 0 Å². The summed E-state index contributed by atoms with van der Waals surface area (Å²) in [6, 6.07) is 0. The number of carbonyl (C=O) groups excluding carboxylic acids is 1. The summed E-state index contributed by atoms with van der Waals surface area (Å²) in [4.78, 5) is 13.2. The van der Waals surface area contributed by atoms with Gasteiger partial charge in [0.2, 0.25) is 5.91 Å². The van der Waals surface area contributed by atoms with Crippen molar-refractivity contribution >= 4 is 5.91 Å². The number of amides is 1. The van der Waals surface area contributed by atoms with Crippen LogP contribution in [0.3, 0.4) is 0 Å². The minimum atomic E-state index is -0.821. The minimum Gasteiger partial charge on any atom is -0.368 e. The first-order valence-corrected chi connectivity index (χ1v) is 7.11. The van der Waals surface area contributed by atoms with Gasteiger partial charge in [-0.1, -0.05) is 45.4 Å². The molecule has 0 heterocycles. The molecule has 0 aliphatic rings. The molecule has 1 amide bonds. The first-order valence-electron chi connectivity index (χ1n) is 7.11. The van der Waals surface area contributed by atoms with Gasteiger partial charge in [-0.3, -0.25) is 4.79 Å². The number of nitrogens with zero attached hydrogens (tertiary/aromatic N) is 1. The summed E-state index contributed by atoms with van der Waals surface area (Å²) < 4.78 is 4.96. The molecular weight excluding hydrogens is 230 g/mol. The Labute approximate surface area is 111 Å². The van der Waals surface area contributed by atoms with Gasteiger partial charge in [0.1, 0.15) is 6.73 Å². The summed E-state index contributed by atoms with van der Waals surface area (Å²) in [5.41, 5.74) is 0. The predicted octanol–water partition coefficient (Wildman–Crippen LogP) is 2.90. The molecule has 0 fully saturated rings. The number of carbonyl (C=O) groups is 1. The SMILES string of the molecule is CCCCCCCCCC(=O)N(C)COC(C)O. The van der Waals surface area contributed by atoms with Crippen LogP contribution in [0.25, 0.3) is 0 Å². The molecule has 4 nitrogen and oxygen atoms in total. The molecule has 0 radical (unpaired) electrons. The van der Waals surface area contributed by atoms with Gasteiger partial charge in [0.15, 0.2) is 6.29 Å². The number of rotatable bonds is 11. The molecule has 0 rings (SSSR count). The fourth-order valence-electron chi connectivity index (χ4n) is 1.72. The van der Waals surface area contributed by atoms with Gasteiger partial charge in [0.05, 0.1) is 0 Å². The minimum absolute atomic E-state index is 0.0872. The number of unbranched alkanes of at least 4 members (excludes halogenated alkanes) is 6. The van der Waals surface area contributed by atoms with Crippen LogP contribution >= 0.6 is 0 Å². The number of hydrogen-bond donors (Lipinski definition) is 1. The van der Waals surface area contributed by atoms with Gasteiger partial charge < -0.3 is 14.7 Å². The van der Waals surface area contributed by atoms with Crippen LogP contribution in [-0.2, 0) is 9.53 Å². The zero-order valence-corrected chi connectivity index (χ0v) is 12.2. The maximum atomic E-state index is 11.7. The highest BCUT2D eigenvalue weighted by Gasteiger charge is 2.08. The highest BCUT2D eigenvalue weighted by molar-refractivity contribution is 5.75. The lowest BCUT2D eigenvalue weighted by atomic mass is 10.1. The van der Waals surface area contributed by atoms with E-state index in [0.29, 0.717) is 6.42 Å². The van der Waals surface area contributed by atoms with Crippen LogP contribution in [0.4, 0.5) is 0 Å². The van der Waals surface area contributed by atoms with E-state index in [1.807, 2.05) is 0 Å². The maximum Gasteiger partial charge on any atom is 0.224 e. The first kappa shape index (κ1) is 17.4. The molecule has 0 bridgehead atoms. The molecule has 108 valence electrons. The summed E-state index contributed by atoms with van der Waals surface area (Å²) in [6.07, 6.45) is 8.23. The summed E-state index contributed by atoms with van der Waals surface area (Å²) in [7, 11) is 1.70. The summed E-state index contributed by atoms with van der Waals surface area (Å²) in [6.45, 7) is 3.91. The lowest BCUT2D eigenvalue weighted by Crippen LogP contribution is -2.30. The summed E-state index contributed by atoms with van der Waals surface area (Å²) in [5, 5.41) is 8.94. The van der Waals surface area contributed by atoms with E-state index in [-0.39, 0.29) is 12.6 Å². The van der Waals surface area contributed by atoms with E-state index in [1.54, 1.807) is 7.05 Å². The zero-order valence-electron chi connectivity index (χ0n) is 12.2. The van der Waals surface area contributed by atoms with Crippen LogP contribution in [0.1, 0.15) is 65.2 Å². The molecule has 0 saturated heterocycles. The van der Waals surface area contributed by atoms with Gasteiger partial charge in [0.25, 0.3) is 0 Å². The molecule has 4 heteroatoms. The van der Waals surface area contributed by atoms with Gasteiger partial charge in [0, 0.05) is 13.5 Å². The van der Waals surface area contributed by atoms with Crippen LogP contribution < -0.4 is 0 Å². The molecule has 1 unspecified atom stereocenters. The second-order valence-corrected chi connectivity index (χ2v) is 4.86. The van der Waals surface area contributed by atoms with Gasteiger partial charge in [-0.25, -0.2) is 0 Å². The van der Waals surface area contributed by atoms with Gasteiger partial charge in [-0.2, -0.15) is 0 Å². The van der Waals surface area contributed by atoms with Crippen molar-refractivity contribution in [3.8, 4) is 0 Å². The third kappa shape index (κ3) is 10.5. The van der Waals surface area contributed by atoms with Crippen LogP contribution in [-0.4, -0.2) is 36.0 Å². The molecule has 0 aliphatic carbocycles. The average Bonchev–Trinajstić information content (AvgIpc) is 2.34. The molecule has 18 heavy (non-hydrogen) atoms. The van der Waals surface area contributed by atoms with Crippen LogP contribution in [0.2, 0.25) is 0 Å². The van der Waals surface area contributed by atoms with Crippen LogP contribution in [0.15, 0.2) is 0 Å². The normalized spacial score (nSPS) is 12.4. The smallest absolute Gasteiger partial charge is 0.224 e. The zero-order chi connectivity index (χ0) is 13.8. The van der Waals surface area contributed by atoms with Crippen LogP contribution in [0.5, 0.6) is 0 Å². The van der Waals surface area contributed by atoms with Gasteiger partial charge in [-0.05, 0) is 13.3 Å². The number of aliphatic hydroxyl groups excluding tert-OH is 1. The molecule has 0 saturated carbocycles. The molecule has 0 aromatic rings. The Balaban J connectivity index is 3.40. The van der Waals surface area contributed by atoms with Crippen molar-refractivity contribution in [1.29, 1.82) is 0 Å². The number of aliphatic hydroxyl groups is 1. The van der Waals surface area contributed by atoms with E-state index < -0.39 is 6.29 Å². The third-order valence-corrected chi connectivity index (χ3v) is 2.93. The van der Waals surface area contributed by atoms with E-state index in [4.69, 9.17) is 9.84 Å². The molecule has 0 spiro atoms. The quantitative estimate of drug-likeness (QED) is 0.458. The van der Waals surface area contributed by atoms with Crippen molar-refractivity contribution < 1.29 is 14.6 Å². The standard InChI is InChI=1S/C14H29NO3/c1-4-5-6-7-8-9-10-11-14(17)15(3)12-18-13(2)16/h13,16H,4-12H2,1-3H3. The van der Waals surface area contributed by atoms with Crippen LogP contribution in [0, 0.1) is 0 Å². The lowest BCUT2D eigenvalue weighted by molar-refractivity contribution is -0.148. The second kappa shape index (κ2) is 11.5. The third-order valence-electron chi connectivity index (χ3n) is 2.93. The monoisotopic (exact) mass is 259 g/mol. The lowest BCUT2D eigenvalue weighted by Gasteiger charge is -2.18. The van der Waals surface area contributed by atoms with E-state index in [0.717, 1.165) is 12.8 Å². The Morgan fingerprint density at radius 2 is 1.72 bits per heavy atom. The van der Waals surface area contributed by atoms with Crippen molar-refractivity contribution in [3.05, 3.63) is 0 Å². The highest BCUT2D eigenvalue weighted by atomic mass is 16.6. The molecule has 0 aliphatic heterocycles. The topological polar surface area (TPSA) is 49.8 Å². The van der Waals surface area contributed by atoms with Crippen molar-refractivity contribution in [1.82, 2.24) is 4.90 Å². The predicted molar refractivity (Wildman–Crippen MR) is 73.0 cm³/mol. The Bertz CT molecular complexity index is 207. The van der Waals surface area contributed by atoms with E-state index in [9.17, 15) is 4.79 Å². The van der Waals surface area contributed by atoms with Crippen molar-refractivity contribution in [2.24, 2.45) is 0 Å². The largest absolute Gasteiger partial charge is 0.368 e. The van der Waals surface area contributed by atoms with E-state index in [1.165, 1.54) is 43.9 Å². The Kier molecular flexibility index (Phi) is 11.1. The fraction of sp³-hybridized carbons (Fsp3) is 0.929. The summed E-state index contributed by atoms with van der Waals surface area (Å²) in [5.74, 6) is 0.0872. The number of hydrogen-bond acceptors (Lipinski definition) is 3. The van der Waals surface area contributed by atoms with E-state index in [2.05, 4.69) is 6.92 Å². The second-order valence-electron chi connectivity index (χ2n) is 4.86. The Morgan fingerprint density at radius 3 is 2.28 bits per heavy atom. The fourth-order valence-corrected chi connectivity index (χ4v) is 1.72. The molecule has 1 atom stereocenters. The summed E-state index contributed by atoms with van der Waals surface area (Å²) >= 11 is 0. The maximum absolute atomic E-state index is 11.7. The molecule has 1 N–H and O–H groups in total. The first-order chi connectivity index (χ1) is 8.57. The molecule has 0 aromatic carbocycles. The average molecular weight is 259 g/mol. The van der Waals surface area contributed by atoms with Crippen molar-refractivity contribution in [3.63, 3.8) is 0 Å². The van der Waals surface area contributed by atoms with Crippen molar-refractivity contribution in [2.45, 2.75) is 71.5 Å². The Hall–Kier alpha value is -0.610. The number of ether oxygens (including phenoxy) is 1. The Morgan fingerprint density at radius 1 is 1.17 bits per heavy atom. The van der Waals surface area contributed by atoms with E-state index >= 15 is 0 Å². The molecular formula is C14H29NO3.